The Morgan fingerprint density at radius 1 is 1.43 bits per heavy atom. The van der Waals surface area contributed by atoms with Crippen molar-refractivity contribution in [3.63, 3.8) is 0 Å². The number of benzene rings is 1. The number of fused-ring (bicyclic) bond motifs is 1. The minimum absolute atomic E-state index is 0.0486. The second-order valence-electron chi connectivity index (χ2n) is 3.15. The molecule has 74 valence electrons. The molecule has 0 saturated heterocycles. The van der Waals surface area contributed by atoms with Crippen LogP contribution < -0.4 is 0 Å². The van der Waals surface area contributed by atoms with Crippen LogP contribution in [0.3, 0.4) is 0 Å². The first kappa shape index (κ1) is 9.02. The van der Waals surface area contributed by atoms with Crippen molar-refractivity contribution in [2.75, 3.05) is 6.61 Å². The van der Waals surface area contributed by atoms with Crippen LogP contribution in [0.5, 0.6) is 5.75 Å². The molecule has 0 fully saturated rings. The number of ether oxygens (including phenoxy) is 1. The van der Waals surface area contributed by atoms with E-state index < -0.39 is 12.1 Å². The minimum Gasteiger partial charge on any atom is -0.507 e. The number of rotatable bonds is 2. The highest BCUT2D eigenvalue weighted by molar-refractivity contribution is 5.96. The summed E-state index contributed by atoms with van der Waals surface area (Å²) < 4.78 is 4.99. The molecule has 0 amide bonds. The van der Waals surface area contributed by atoms with Gasteiger partial charge in [-0.2, -0.15) is 0 Å². The fourth-order valence-electron chi connectivity index (χ4n) is 1.63. The molecule has 0 aliphatic carbocycles. The number of hydrogen-bond acceptors (Lipinski definition) is 4. The molecule has 0 radical (unpaired) electrons. The number of aliphatic hydroxyl groups excluding tert-OH is 1. The molecule has 1 aliphatic heterocycles. The SMILES string of the molecule is O=C1OC(CCO)c2cccc(O)c21. The van der Waals surface area contributed by atoms with Gasteiger partial charge in [0.15, 0.2) is 0 Å². The third kappa shape index (κ3) is 1.24. The second kappa shape index (κ2) is 3.31. The number of carbonyl (C=O) groups is 1. The highest BCUT2D eigenvalue weighted by atomic mass is 16.5. The summed E-state index contributed by atoms with van der Waals surface area (Å²) in [6, 6.07) is 4.82. The summed E-state index contributed by atoms with van der Waals surface area (Å²) in [5.41, 5.74) is 0.884. The van der Waals surface area contributed by atoms with Crippen molar-refractivity contribution < 1.29 is 19.7 Å². The van der Waals surface area contributed by atoms with Crippen LogP contribution in [0.4, 0.5) is 0 Å². The van der Waals surface area contributed by atoms with Gasteiger partial charge in [-0.25, -0.2) is 4.79 Å². The number of aromatic hydroxyl groups is 1. The predicted molar refractivity (Wildman–Crippen MR) is 48.0 cm³/mol. The van der Waals surface area contributed by atoms with Gasteiger partial charge >= 0.3 is 5.97 Å². The Labute approximate surface area is 80.7 Å². The molecule has 1 unspecified atom stereocenters. The summed E-state index contributed by atoms with van der Waals surface area (Å²) in [6.45, 7) is -0.0486. The van der Waals surface area contributed by atoms with Crippen molar-refractivity contribution in [1.29, 1.82) is 0 Å². The largest absolute Gasteiger partial charge is 0.507 e. The lowest BCUT2D eigenvalue weighted by molar-refractivity contribution is 0.0331. The topological polar surface area (TPSA) is 66.8 Å². The van der Waals surface area contributed by atoms with Gasteiger partial charge in [0.2, 0.25) is 0 Å². The molecule has 1 aliphatic rings. The van der Waals surface area contributed by atoms with Crippen LogP contribution in [0, 0.1) is 0 Å². The second-order valence-corrected chi connectivity index (χ2v) is 3.15. The summed E-state index contributed by atoms with van der Waals surface area (Å²) >= 11 is 0. The summed E-state index contributed by atoms with van der Waals surface area (Å²) in [7, 11) is 0. The summed E-state index contributed by atoms with van der Waals surface area (Å²) in [5, 5.41) is 18.2. The van der Waals surface area contributed by atoms with E-state index in [9.17, 15) is 9.90 Å². The number of hydrogen-bond donors (Lipinski definition) is 2. The minimum atomic E-state index is -0.517. The van der Waals surface area contributed by atoms with E-state index in [0.717, 1.165) is 0 Å². The van der Waals surface area contributed by atoms with Crippen molar-refractivity contribution >= 4 is 5.97 Å². The Kier molecular flexibility index (Phi) is 2.13. The molecule has 0 aromatic heterocycles. The van der Waals surface area contributed by atoms with Crippen LogP contribution in [0.1, 0.15) is 28.4 Å². The van der Waals surface area contributed by atoms with Crippen LogP contribution in [-0.4, -0.2) is 22.8 Å². The summed E-state index contributed by atoms with van der Waals surface area (Å²) in [4.78, 5) is 11.3. The number of carbonyl (C=O) groups excluding carboxylic acids is 1. The molecule has 4 nitrogen and oxygen atoms in total. The van der Waals surface area contributed by atoms with Crippen LogP contribution in [-0.2, 0) is 4.74 Å². The predicted octanol–water partition coefficient (Wildman–Crippen LogP) is 0.986. The van der Waals surface area contributed by atoms with E-state index in [4.69, 9.17) is 9.84 Å². The zero-order chi connectivity index (χ0) is 10.1. The van der Waals surface area contributed by atoms with Crippen molar-refractivity contribution in [2.45, 2.75) is 12.5 Å². The molecule has 0 saturated carbocycles. The summed E-state index contributed by atoms with van der Waals surface area (Å²) in [5.74, 6) is -0.579. The quantitative estimate of drug-likeness (QED) is 0.689. The normalized spacial score (nSPS) is 19.2. The summed E-state index contributed by atoms with van der Waals surface area (Å²) in [6.07, 6.45) is -0.0584. The fraction of sp³-hybridized carbons (Fsp3) is 0.300. The van der Waals surface area contributed by atoms with Gasteiger partial charge in [0.1, 0.15) is 17.4 Å². The van der Waals surface area contributed by atoms with E-state index in [1.54, 1.807) is 12.1 Å². The van der Waals surface area contributed by atoms with Crippen LogP contribution >= 0.6 is 0 Å². The maximum atomic E-state index is 11.3. The van der Waals surface area contributed by atoms with E-state index in [2.05, 4.69) is 0 Å². The number of phenolic OH excluding ortho intramolecular Hbond substituents is 1. The Morgan fingerprint density at radius 3 is 2.93 bits per heavy atom. The molecule has 0 spiro atoms. The first-order chi connectivity index (χ1) is 6.74. The Hall–Kier alpha value is -1.55. The van der Waals surface area contributed by atoms with Gasteiger partial charge < -0.3 is 14.9 Å². The number of cyclic esters (lactones) is 1. The lowest BCUT2D eigenvalue weighted by atomic mass is 10.0. The van der Waals surface area contributed by atoms with E-state index >= 15 is 0 Å². The molecule has 14 heavy (non-hydrogen) atoms. The van der Waals surface area contributed by atoms with Gasteiger partial charge in [-0.1, -0.05) is 12.1 Å². The third-order valence-electron chi connectivity index (χ3n) is 2.27. The molecular formula is C10H10O4. The maximum Gasteiger partial charge on any atom is 0.342 e. The van der Waals surface area contributed by atoms with E-state index in [1.165, 1.54) is 6.07 Å². The molecule has 4 heteroatoms. The standard InChI is InChI=1S/C10H10O4/c11-5-4-8-6-2-1-3-7(12)9(6)10(13)14-8/h1-3,8,11-12H,4-5H2. The van der Waals surface area contributed by atoms with Gasteiger partial charge in [-0.05, 0) is 6.07 Å². The molecule has 2 rings (SSSR count). The Bertz CT molecular complexity index is 372. The molecule has 1 atom stereocenters. The fourth-order valence-corrected chi connectivity index (χ4v) is 1.63. The lowest BCUT2D eigenvalue weighted by Crippen LogP contribution is -2.00. The number of esters is 1. The van der Waals surface area contributed by atoms with Crippen molar-refractivity contribution in [3.8, 4) is 5.75 Å². The lowest BCUT2D eigenvalue weighted by Gasteiger charge is -2.07. The average Bonchev–Trinajstić information content (AvgIpc) is 2.46. The van der Waals surface area contributed by atoms with Crippen LogP contribution in [0.25, 0.3) is 0 Å². The third-order valence-corrected chi connectivity index (χ3v) is 2.27. The van der Waals surface area contributed by atoms with Crippen molar-refractivity contribution in [1.82, 2.24) is 0 Å². The van der Waals surface area contributed by atoms with E-state index in [0.29, 0.717) is 12.0 Å². The highest BCUT2D eigenvalue weighted by Gasteiger charge is 2.32. The Morgan fingerprint density at radius 2 is 2.21 bits per heavy atom. The molecule has 2 N–H and O–H groups in total. The van der Waals surface area contributed by atoms with Gasteiger partial charge in [-0.15, -0.1) is 0 Å². The smallest absolute Gasteiger partial charge is 0.342 e. The van der Waals surface area contributed by atoms with Crippen LogP contribution in [0.15, 0.2) is 18.2 Å². The Balaban J connectivity index is 2.44. The van der Waals surface area contributed by atoms with Gasteiger partial charge in [0.25, 0.3) is 0 Å². The number of phenols is 1. The van der Waals surface area contributed by atoms with Crippen LogP contribution in [0.2, 0.25) is 0 Å². The average molecular weight is 194 g/mol. The highest BCUT2D eigenvalue weighted by Crippen LogP contribution is 2.37. The monoisotopic (exact) mass is 194 g/mol. The van der Waals surface area contributed by atoms with Gasteiger partial charge in [0.05, 0.1) is 0 Å². The van der Waals surface area contributed by atoms with Gasteiger partial charge in [0, 0.05) is 18.6 Å². The maximum absolute atomic E-state index is 11.3. The van der Waals surface area contributed by atoms with E-state index in [1.807, 2.05) is 0 Å². The zero-order valence-corrected chi connectivity index (χ0v) is 7.43. The first-order valence-electron chi connectivity index (χ1n) is 4.37. The molecular weight excluding hydrogens is 184 g/mol. The number of aliphatic hydroxyl groups is 1. The molecule has 1 aromatic rings. The van der Waals surface area contributed by atoms with E-state index in [-0.39, 0.29) is 17.9 Å². The molecule has 1 heterocycles. The van der Waals surface area contributed by atoms with Crippen molar-refractivity contribution in [2.24, 2.45) is 0 Å². The van der Waals surface area contributed by atoms with Crippen molar-refractivity contribution in [3.05, 3.63) is 29.3 Å². The first-order valence-corrected chi connectivity index (χ1v) is 4.37. The molecule has 1 aromatic carbocycles. The molecule has 0 bridgehead atoms. The van der Waals surface area contributed by atoms with Gasteiger partial charge in [-0.3, -0.25) is 0 Å². The zero-order valence-electron chi connectivity index (χ0n) is 7.43.